The van der Waals surface area contributed by atoms with E-state index in [9.17, 15) is 20.1 Å². The van der Waals surface area contributed by atoms with Crippen molar-refractivity contribution in [2.24, 2.45) is 0 Å². The van der Waals surface area contributed by atoms with Gasteiger partial charge in [0.15, 0.2) is 0 Å². The highest BCUT2D eigenvalue weighted by Crippen LogP contribution is 2.24. The second kappa shape index (κ2) is 17.4. The van der Waals surface area contributed by atoms with Crippen LogP contribution in [0.3, 0.4) is 0 Å². The van der Waals surface area contributed by atoms with Crippen LogP contribution in [-0.4, -0.2) is 16.2 Å². The third-order valence-electron chi connectivity index (χ3n) is 6.98. The van der Waals surface area contributed by atoms with Crippen molar-refractivity contribution < 1.29 is 25.8 Å². The molecule has 43 heavy (non-hydrogen) atoms. The summed E-state index contributed by atoms with van der Waals surface area (Å²) >= 11 is 0. The first-order valence-electron chi connectivity index (χ1n) is 14.5. The van der Waals surface area contributed by atoms with Gasteiger partial charge < -0.3 is 25.8 Å². The van der Waals surface area contributed by atoms with Crippen molar-refractivity contribution in [3.05, 3.63) is 167 Å². The summed E-state index contributed by atoms with van der Waals surface area (Å²) in [5.74, 6) is -1.14. The smallest absolute Gasteiger partial charge is 0.140 e. The number of aliphatic hydroxyl groups excluding tert-OH is 2. The fraction of sp³-hybridized carbons (Fsp3) is 0.184. The minimum absolute atomic E-state index is 0.136. The van der Waals surface area contributed by atoms with E-state index < -0.39 is 12.1 Å². The Kier molecular flexibility index (Phi) is 13.3. The number of aliphatic hydroxyl groups is 2. The van der Waals surface area contributed by atoms with Crippen LogP contribution in [0.25, 0.3) is 11.1 Å². The standard InChI is InChI=1S/C14H15NO.C13H10O2.C11H16O/c15-13(11-7-3-1-4-8-11)14(16)12-9-5-2-6-10-12;14-13(15)12-8-6-11(7-9-12)10-4-2-1-3-5-10;1-3-4-10-5-7-11(8-6-10)9(2)12/h1-10,13-14,16H,15H2;1-9H,(H,14,15);5-9,12H,3-4H2,1-2H3/t13-,14+;;9-/m0.0/s1. The molecule has 5 N–H and O–H groups in total. The van der Waals surface area contributed by atoms with E-state index in [1.807, 2.05) is 103 Å². The zero-order valence-corrected chi connectivity index (χ0v) is 24.8. The van der Waals surface area contributed by atoms with Gasteiger partial charge in [-0.15, -0.1) is 0 Å². The number of hydrogen-bond donors (Lipinski definition) is 3. The number of benzene rings is 5. The zero-order chi connectivity index (χ0) is 31.0. The molecule has 5 aromatic carbocycles. The van der Waals surface area contributed by atoms with E-state index in [2.05, 4.69) is 24.8 Å². The van der Waals surface area contributed by atoms with Crippen LogP contribution in [0.4, 0.5) is 0 Å². The molecule has 5 rings (SSSR count). The molecule has 0 aliphatic rings. The minimum atomic E-state index is -1.14. The molecule has 222 valence electrons. The third-order valence-corrected chi connectivity index (χ3v) is 6.98. The van der Waals surface area contributed by atoms with Crippen LogP contribution < -0.4 is 10.8 Å². The van der Waals surface area contributed by atoms with Crippen LogP contribution in [0, 0.1) is 0 Å². The average Bonchev–Trinajstić information content (AvgIpc) is 3.06. The maximum Gasteiger partial charge on any atom is 0.140 e. The summed E-state index contributed by atoms with van der Waals surface area (Å²) in [7, 11) is 0. The van der Waals surface area contributed by atoms with Gasteiger partial charge >= 0.3 is 0 Å². The Bertz CT molecular complexity index is 1430. The first-order chi connectivity index (χ1) is 20.8. The van der Waals surface area contributed by atoms with Crippen LogP contribution in [0.5, 0.6) is 0 Å². The van der Waals surface area contributed by atoms with E-state index in [0.29, 0.717) is 0 Å². The quantitative estimate of drug-likeness (QED) is 0.207. The van der Waals surface area contributed by atoms with E-state index >= 15 is 0 Å². The van der Waals surface area contributed by atoms with E-state index in [0.717, 1.165) is 34.2 Å². The molecule has 0 heterocycles. The molecule has 5 aromatic rings. The molecule has 3 atom stereocenters. The third kappa shape index (κ3) is 10.7. The number of rotatable bonds is 8. The van der Waals surface area contributed by atoms with Crippen molar-refractivity contribution in [1.29, 1.82) is 0 Å². The molecular formula is C38H41NO4. The van der Waals surface area contributed by atoms with Crippen molar-refractivity contribution in [2.75, 3.05) is 0 Å². The maximum absolute atomic E-state index is 10.5. The summed E-state index contributed by atoms with van der Waals surface area (Å²) in [6.07, 6.45) is 1.40. The van der Waals surface area contributed by atoms with Gasteiger partial charge in [0.05, 0.1) is 12.1 Å². The van der Waals surface area contributed by atoms with Gasteiger partial charge in [0, 0.05) is 5.56 Å². The molecule has 0 spiro atoms. The highest BCUT2D eigenvalue weighted by Gasteiger charge is 2.21. The predicted molar refractivity (Wildman–Crippen MR) is 171 cm³/mol. The van der Waals surface area contributed by atoms with Crippen LogP contribution in [0.15, 0.2) is 140 Å². The predicted octanol–water partition coefficient (Wildman–Crippen LogP) is 6.11. The lowest BCUT2D eigenvalue weighted by atomic mass is 9.97. The molecule has 0 aliphatic carbocycles. The molecule has 0 amide bonds. The molecule has 0 aromatic heterocycles. The topological polar surface area (TPSA) is 108 Å². The zero-order valence-electron chi connectivity index (χ0n) is 24.8. The van der Waals surface area contributed by atoms with E-state index in [-0.39, 0.29) is 17.7 Å². The first kappa shape index (κ1) is 33.0. The van der Waals surface area contributed by atoms with Gasteiger partial charge in [-0.25, -0.2) is 0 Å². The summed E-state index contributed by atoms with van der Waals surface area (Å²) in [6, 6.07) is 44.0. The minimum Gasteiger partial charge on any atom is -0.545 e. The van der Waals surface area contributed by atoms with Gasteiger partial charge in [-0.1, -0.05) is 153 Å². The Morgan fingerprint density at radius 3 is 1.58 bits per heavy atom. The van der Waals surface area contributed by atoms with E-state index in [4.69, 9.17) is 0 Å². The molecule has 0 radical (unpaired) electrons. The second-order valence-electron chi connectivity index (χ2n) is 10.3. The molecule has 5 nitrogen and oxygen atoms in total. The lowest BCUT2D eigenvalue weighted by molar-refractivity contribution is -0.446. The van der Waals surface area contributed by atoms with Gasteiger partial charge in [0.25, 0.3) is 0 Å². The Morgan fingerprint density at radius 1 is 0.651 bits per heavy atom. The molecular weight excluding hydrogens is 534 g/mol. The number of aryl methyl sites for hydroxylation is 1. The molecule has 0 unspecified atom stereocenters. The molecule has 0 saturated carbocycles. The SMILES string of the molecule is CCCc1ccc([C@H](C)O)cc1.O=C([O-])c1ccc(-c2ccccc2)cc1.[NH3+][C@@H](c1ccccc1)[C@H](O)c1ccccc1. The number of aromatic carboxylic acids is 1. The number of carbonyl (C=O) groups is 1. The fourth-order valence-corrected chi connectivity index (χ4v) is 4.45. The number of carbonyl (C=O) groups excluding carboxylic acids is 1. The van der Waals surface area contributed by atoms with Crippen LogP contribution >= 0.6 is 0 Å². The van der Waals surface area contributed by atoms with Crippen LogP contribution in [0.1, 0.15) is 71.1 Å². The Labute approximate surface area is 254 Å². The van der Waals surface area contributed by atoms with E-state index in [1.54, 1.807) is 31.2 Å². The van der Waals surface area contributed by atoms with Gasteiger partial charge in [0.1, 0.15) is 12.1 Å². The van der Waals surface area contributed by atoms with Gasteiger partial charge in [0.2, 0.25) is 0 Å². The number of carboxylic acid groups (broad SMARTS) is 1. The summed E-state index contributed by atoms with van der Waals surface area (Å²) in [4.78, 5) is 10.5. The Balaban J connectivity index is 0.000000179. The first-order valence-corrected chi connectivity index (χ1v) is 14.5. The highest BCUT2D eigenvalue weighted by atomic mass is 16.4. The maximum atomic E-state index is 10.5. The Hall–Kier alpha value is -4.55. The summed E-state index contributed by atoms with van der Waals surface area (Å²) in [6.45, 7) is 3.96. The van der Waals surface area contributed by atoms with Gasteiger partial charge in [-0.3, -0.25) is 0 Å². The van der Waals surface area contributed by atoms with Crippen molar-refractivity contribution >= 4 is 5.97 Å². The highest BCUT2D eigenvalue weighted by molar-refractivity contribution is 5.86. The average molecular weight is 576 g/mol. The second-order valence-corrected chi connectivity index (χ2v) is 10.3. The van der Waals surface area contributed by atoms with Crippen molar-refractivity contribution in [3.8, 4) is 11.1 Å². The van der Waals surface area contributed by atoms with Crippen LogP contribution in [-0.2, 0) is 6.42 Å². The normalized spacial score (nSPS) is 12.4. The molecule has 0 saturated heterocycles. The summed E-state index contributed by atoms with van der Waals surface area (Å²) in [5, 5.41) is 30.0. The van der Waals surface area contributed by atoms with Crippen molar-refractivity contribution in [3.63, 3.8) is 0 Å². The lowest BCUT2D eigenvalue weighted by Crippen LogP contribution is -2.56. The van der Waals surface area contributed by atoms with Gasteiger partial charge in [-0.2, -0.15) is 0 Å². The lowest BCUT2D eigenvalue weighted by Gasteiger charge is -2.16. The summed E-state index contributed by atoms with van der Waals surface area (Å²) < 4.78 is 0. The molecule has 5 heteroatoms. The van der Waals surface area contributed by atoms with Gasteiger partial charge in [-0.05, 0) is 46.7 Å². The number of carboxylic acids is 1. The number of quaternary nitrogens is 1. The molecule has 0 aliphatic heterocycles. The van der Waals surface area contributed by atoms with E-state index in [1.165, 1.54) is 12.0 Å². The fourth-order valence-electron chi connectivity index (χ4n) is 4.45. The molecule has 0 bridgehead atoms. The Morgan fingerprint density at radius 2 is 1.12 bits per heavy atom. The van der Waals surface area contributed by atoms with Crippen LogP contribution in [0.2, 0.25) is 0 Å². The summed E-state index contributed by atoms with van der Waals surface area (Å²) in [5.41, 5.74) is 10.6. The monoisotopic (exact) mass is 575 g/mol. The largest absolute Gasteiger partial charge is 0.545 e. The van der Waals surface area contributed by atoms with Crippen molar-refractivity contribution in [1.82, 2.24) is 0 Å². The number of hydrogen-bond acceptors (Lipinski definition) is 4. The molecule has 0 fully saturated rings. The van der Waals surface area contributed by atoms with Crippen molar-refractivity contribution in [2.45, 2.75) is 44.9 Å².